The van der Waals surface area contributed by atoms with Crippen molar-refractivity contribution in [2.75, 3.05) is 11.9 Å². The number of amides is 2. The van der Waals surface area contributed by atoms with Crippen LogP contribution in [-0.2, 0) is 19.1 Å². The van der Waals surface area contributed by atoms with E-state index >= 15 is 0 Å². The van der Waals surface area contributed by atoms with Gasteiger partial charge >= 0.3 is 5.97 Å². The second kappa shape index (κ2) is 9.98. The number of nitrogens with zero attached hydrogens (tertiary/aromatic N) is 2. The molecule has 38 heavy (non-hydrogen) atoms. The molecular formula is C28H29FN4O4S. The summed E-state index contributed by atoms with van der Waals surface area (Å²) in [4.78, 5) is 49.7. The maximum Gasteiger partial charge on any atom is 0.307 e. The van der Waals surface area contributed by atoms with Crippen LogP contribution in [0.1, 0.15) is 51.4 Å². The normalized spacial score (nSPS) is 22.6. The van der Waals surface area contributed by atoms with Gasteiger partial charge in [0.1, 0.15) is 11.6 Å². The molecule has 2 atom stereocenters. The summed E-state index contributed by atoms with van der Waals surface area (Å²) in [7, 11) is 0. The highest BCUT2D eigenvalue weighted by atomic mass is 32.1. The smallest absolute Gasteiger partial charge is 0.307 e. The lowest BCUT2D eigenvalue weighted by Crippen LogP contribution is -2.51. The van der Waals surface area contributed by atoms with E-state index in [1.165, 1.54) is 6.07 Å². The van der Waals surface area contributed by atoms with Crippen molar-refractivity contribution in [3.63, 3.8) is 0 Å². The summed E-state index contributed by atoms with van der Waals surface area (Å²) in [6, 6.07) is 11.8. The summed E-state index contributed by atoms with van der Waals surface area (Å²) in [6.07, 6.45) is 5.62. The maximum absolute atomic E-state index is 13.8. The quantitative estimate of drug-likeness (QED) is 0.440. The van der Waals surface area contributed by atoms with Gasteiger partial charge in [0.05, 0.1) is 22.9 Å². The molecule has 3 fully saturated rings. The average Bonchev–Trinajstić information content (AvgIpc) is 3.71. The molecule has 10 heteroatoms. The molecule has 1 saturated carbocycles. The first-order chi connectivity index (χ1) is 18.4. The van der Waals surface area contributed by atoms with Crippen molar-refractivity contribution in [3.8, 4) is 22.0 Å². The maximum atomic E-state index is 13.8. The molecule has 4 heterocycles. The molecule has 0 radical (unpaired) electrons. The summed E-state index contributed by atoms with van der Waals surface area (Å²) in [5.41, 5.74) is 0.692. The van der Waals surface area contributed by atoms with Crippen molar-refractivity contribution in [1.29, 1.82) is 0 Å². The number of anilines is 1. The third kappa shape index (κ3) is 4.51. The number of esters is 1. The standard InChI is InChI=1S/C28H29FN4O4S/c29-21-12-11-20(38-21)24-30-23(17-8-3-1-4-9-17)25(31-24)32-26(35)19-10-7-15-33(19)27(36)18-16-22(34)37-28(18)13-5-2-6-14-28/h1,3-4,8-9,11-12,18-19H,2,5-7,10,13-16H2,(H,30,31)(H,32,35)/t18?,19-/m1/s1. The van der Waals surface area contributed by atoms with Crippen LogP contribution in [0.15, 0.2) is 42.5 Å². The summed E-state index contributed by atoms with van der Waals surface area (Å²) in [6.45, 7) is 0.462. The van der Waals surface area contributed by atoms with Gasteiger partial charge in [0.15, 0.2) is 16.8 Å². The van der Waals surface area contributed by atoms with E-state index in [0.717, 1.165) is 36.2 Å². The Hall–Kier alpha value is -3.53. The molecule has 1 aliphatic carbocycles. The zero-order chi connectivity index (χ0) is 26.3. The number of hydrogen-bond acceptors (Lipinski definition) is 6. The zero-order valence-corrected chi connectivity index (χ0v) is 21.7. The number of imidazole rings is 1. The van der Waals surface area contributed by atoms with Crippen molar-refractivity contribution in [2.24, 2.45) is 5.92 Å². The van der Waals surface area contributed by atoms with Gasteiger partial charge in [0.2, 0.25) is 11.8 Å². The lowest BCUT2D eigenvalue weighted by atomic mass is 9.75. The van der Waals surface area contributed by atoms with E-state index in [4.69, 9.17) is 4.74 Å². The Morgan fingerprint density at radius 1 is 1.11 bits per heavy atom. The van der Waals surface area contributed by atoms with Crippen LogP contribution in [-0.4, -0.2) is 50.8 Å². The predicted molar refractivity (Wildman–Crippen MR) is 141 cm³/mol. The number of rotatable bonds is 5. The fraction of sp³-hybridized carbons (Fsp3) is 0.429. The van der Waals surface area contributed by atoms with E-state index in [0.29, 0.717) is 54.4 Å². The minimum atomic E-state index is -0.733. The van der Waals surface area contributed by atoms with E-state index in [9.17, 15) is 18.8 Å². The summed E-state index contributed by atoms with van der Waals surface area (Å²) in [5, 5.41) is 2.62. The molecule has 0 bridgehead atoms. The molecule has 3 aliphatic rings. The number of nitrogens with one attached hydrogen (secondary N) is 2. The van der Waals surface area contributed by atoms with Crippen LogP contribution in [0.25, 0.3) is 22.0 Å². The number of aromatic nitrogens is 2. The van der Waals surface area contributed by atoms with Gasteiger partial charge in [0.25, 0.3) is 0 Å². The number of aromatic amines is 1. The number of ether oxygens (including phenoxy) is 1. The van der Waals surface area contributed by atoms with Gasteiger partial charge in [-0.25, -0.2) is 4.98 Å². The SMILES string of the molecule is O=C1CC(C(=O)N2CCC[C@@H]2C(=O)Nc2nc(-c3ccc(F)s3)[nH]c2-c2ccccc2)C2(CCCCC2)O1. The molecular weight excluding hydrogens is 507 g/mol. The predicted octanol–water partition coefficient (Wildman–Crippen LogP) is 5.14. The van der Waals surface area contributed by atoms with Crippen molar-refractivity contribution >= 4 is 34.9 Å². The van der Waals surface area contributed by atoms with Crippen LogP contribution in [0.2, 0.25) is 0 Å². The largest absolute Gasteiger partial charge is 0.458 e. The van der Waals surface area contributed by atoms with Crippen molar-refractivity contribution in [3.05, 3.63) is 47.6 Å². The van der Waals surface area contributed by atoms with Gasteiger partial charge in [-0.1, -0.05) is 36.8 Å². The Morgan fingerprint density at radius 3 is 2.63 bits per heavy atom. The van der Waals surface area contributed by atoms with Gasteiger partial charge in [-0.15, -0.1) is 11.3 Å². The molecule has 1 spiro atoms. The first-order valence-corrected chi connectivity index (χ1v) is 14.0. The number of carbonyl (C=O) groups is 3. The minimum absolute atomic E-state index is 0.0714. The Labute approximate surface area is 223 Å². The van der Waals surface area contributed by atoms with E-state index < -0.39 is 17.6 Å². The van der Waals surface area contributed by atoms with Crippen LogP contribution in [0.3, 0.4) is 0 Å². The molecule has 198 valence electrons. The first kappa shape index (κ1) is 24.8. The summed E-state index contributed by atoms with van der Waals surface area (Å²) in [5.74, 6) is -0.594. The monoisotopic (exact) mass is 536 g/mol. The lowest BCUT2D eigenvalue weighted by Gasteiger charge is -2.38. The average molecular weight is 537 g/mol. The molecule has 3 aromatic rings. The second-order valence-corrected chi connectivity index (χ2v) is 11.3. The van der Waals surface area contributed by atoms with Gasteiger partial charge in [-0.05, 0) is 50.7 Å². The zero-order valence-electron chi connectivity index (χ0n) is 20.9. The first-order valence-electron chi connectivity index (χ1n) is 13.2. The van der Waals surface area contributed by atoms with Gasteiger partial charge in [-0.3, -0.25) is 14.4 Å². The fourth-order valence-corrected chi connectivity index (χ4v) is 6.82. The number of thiophene rings is 1. The number of hydrogen-bond donors (Lipinski definition) is 2. The third-order valence-corrected chi connectivity index (χ3v) is 8.85. The highest BCUT2D eigenvalue weighted by Crippen LogP contribution is 2.45. The van der Waals surface area contributed by atoms with Gasteiger partial charge < -0.3 is 19.9 Å². The fourth-order valence-electron chi connectivity index (χ4n) is 6.14. The Morgan fingerprint density at radius 2 is 1.89 bits per heavy atom. The second-order valence-electron chi connectivity index (χ2n) is 10.3. The molecule has 1 aromatic carbocycles. The molecule has 2 aromatic heterocycles. The number of carbonyl (C=O) groups excluding carboxylic acids is 3. The van der Waals surface area contributed by atoms with Crippen molar-refractivity contribution in [1.82, 2.24) is 14.9 Å². The highest BCUT2D eigenvalue weighted by Gasteiger charge is 2.55. The molecule has 2 aliphatic heterocycles. The van der Waals surface area contributed by atoms with Crippen LogP contribution >= 0.6 is 11.3 Å². The molecule has 2 N–H and O–H groups in total. The van der Waals surface area contributed by atoms with Crippen LogP contribution in [0.5, 0.6) is 0 Å². The van der Waals surface area contributed by atoms with Gasteiger partial charge in [0, 0.05) is 12.1 Å². The number of likely N-dealkylation sites (tertiary alicyclic amines) is 1. The van der Waals surface area contributed by atoms with Gasteiger partial charge in [-0.2, -0.15) is 4.39 Å². The third-order valence-electron chi connectivity index (χ3n) is 7.97. The topological polar surface area (TPSA) is 104 Å². The Balaban J connectivity index is 1.26. The molecule has 2 saturated heterocycles. The van der Waals surface area contributed by atoms with E-state index in [1.807, 2.05) is 30.3 Å². The van der Waals surface area contributed by atoms with E-state index in [2.05, 4.69) is 15.3 Å². The summed E-state index contributed by atoms with van der Waals surface area (Å²) < 4.78 is 19.5. The molecule has 2 amide bonds. The van der Waals surface area contributed by atoms with E-state index in [1.54, 1.807) is 11.0 Å². The Kier molecular flexibility index (Phi) is 6.51. The van der Waals surface area contributed by atoms with Crippen LogP contribution in [0.4, 0.5) is 10.2 Å². The van der Waals surface area contributed by atoms with Crippen molar-refractivity contribution in [2.45, 2.75) is 63.0 Å². The number of benzene rings is 1. The lowest BCUT2D eigenvalue weighted by molar-refractivity contribution is -0.156. The van der Waals surface area contributed by atoms with Crippen LogP contribution in [0, 0.1) is 11.0 Å². The minimum Gasteiger partial charge on any atom is -0.458 e. The number of halogens is 1. The summed E-state index contributed by atoms with van der Waals surface area (Å²) >= 11 is 0.966. The molecule has 6 rings (SSSR count). The Bertz CT molecular complexity index is 1360. The van der Waals surface area contributed by atoms with E-state index in [-0.39, 0.29) is 29.3 Å². The number of H-pyrrole nitrogens is 1. The van der Waals surface area contributed by atoms with Crippen molar-refractivity contribution < 1.29 is 23.5 Å². The molecule has 1 unspecified atom stereocenters. The molecule has 8 nitrogen and oxygen atoms in total. The highest BCUT2D eigenvalue weighted by molar-refractivity contribution is 7.13. The van der Waals surface area contributed by atoms with Crippen LogP contribution < -0.4 is 5.32 Å².